The minimum atomic E-state index is 0.524. The van der Waals surface area contributed by atoms with E-state index in [9.17, 15) is 0 Å². The van der Waals surface area contributed by atoms with Gasteiger partial charge in [-0.2, -0.15) is 5.10 Å². The number of halogens is 1. The maximum absolute atomic E-state index is 5.77. The third-order valence-corrected chi connectivity index (χ3v) is 2.80. The fraction of sp³-hybridized carbons (Fsp3) is 0.600. The van der Waals surface area contributed by atoms with Crippen LogP contribution in [-0.4, -0.2) is 10.2 Å². The molecule has 1 aromatic rings. The summed E-state index contributed by atoms with van der Waals surface area (Å²) in [5.41, 5.74) is 2.46. The molecule has 0 saturated heterocycles. The van der Waals surface area contributed by atoms with Gasteiger partial charge >= 0.3 is 0 Å². The van der Waals surface area contributed by atoms with E-state index < -0.39 is 0 Å². The van der Waals surface area contributed by atoms with Crippen molar-refractivity contribution in [2.75, 3.05) is 0 Å². The Hall–Kier alpha value is -0.630. The highest BCUT2D eigenvalue weighted by atomic mass is 35.5. The summed E-state index contributed by atoms with van der Waals surface area (Å²) in [6, 6.07) is 1.96. The smallest absolute Gasteiger partial charge is 0.152 e. The average molecular weight is 197 g/mol. The molecule has 1 unspecified atom stereocenters. The van der Waals surface area contributed by atoms with Crippen molar-refractivity contribution >= 4 is 11.6 Å². The number of hydrogen-bond acceptors (Lipinski definition) is 2. The summed E-state index contributed by atoms with van der Waals surface area (Å²) in [7, 11) is 0. The number of aromatic nitrogens is 2. The summed E-state index contributed by atoms with van der Waals surface area (Å²) in [4.78, 5) is 0. The second kappa shape index (κ2) is 3.62. The summed E-state index contributed by atoms with van der Waals surface area (Å²) in [5, 5.41) is 8.49. The molecule has 0 bridgehead atoms. The molecule has 1 aromatic heterocycles. The van der Waals surface area contributed by atoms with Gasteiger partial charge in [0, 0.05) is 0 Å². The Balaban J connectivity index is 2.16. The third-order valence-electron chi connectivity index (χ3n) is 2.62. The van der Waals surface area contributed by atoms with Crippen molar-refractivity contribution in [2.24, 2.45) is 5.92 Å². The molecule has 1 aliphatic carbocycles. The van der Waals surface area contributed by atoms with E-state index in [4.69, 9.17) is 11.6 Å². The molecule has 0 amide bonds. The van der Waals surface area contributed by atoms with Crippen LogP contribution < -0.4 is 0 Å². The molecule has 0 aliphatic heterocycles. The monoisotopic (exact) mass is 196 g/mol. The van der Waals surface area contributed by atoms with Crippen LogP contribution in [0.4, 0.5) is 0 Å². The fourth-order valence-electron chi connectivity index (χ4n) is 2.05. The number of fused-ring (bicyclic) bond motifs is 1. The molecule has 1 atom stereocenters. The first-order valence-electron chi connectivity index (χ1n) is 4.80. The lowest BCUT2D eigenvalue weighted by Gasteiger charge is -2.03. The van der Waals surface area contributed by atoms with Gasteiger partial charge in [-0.25, -0.2) is 0 Å². The lowest BCUT2D eigenvalue weighted by atomic mass is 10.0. The lowest BCUT2D eigenvalue weighted by Crippen LogP contribution is -1.98. The molecule has 70 valence electrons. The molecule has 1 aliphatic rings. The van der Waals surface area contributed by atoms with Gasteiger partial charge in [0.2, 0.25) is 0 Å². The normalized spacial score (nSPS) is 20.3. The van der Waals surface area contributed by atoms with E-state index in [2.05, 4.69) is 17.1 Å². The molecule has 0 radical (unpaired) electrons. The molecule has 0 aromatic carbocycles. The minimum Gasteiger partial charge on any atom is -0.154 e. The Morgan fingerprint density at radius 3 is 3.08 bits per heavy atom. The van der Waals surface area contributed by atoms with Crippen molar-refractivity contribution in [3.05, 3.63) is 22.5 Å². The summed E-state index contributed by atoms with van der Waals surface area (Å²) in [6.07, 6.45) is 4.76. The van der Waals surface area contributed by atoms with Crippen molar-refractivity contribution in [2.45, 2.75) is 32.6 Å². The topological polar surface area (TPSA) is 25.8 Å². The Kier molecular flexibility index (Phi) is 2.49. The Morgan fingerprint density at radius 2 is 2.31 bits per heavy atom. The van der Waals surface area contributed by atoms with Gasteiger partial charge < -0.3 is 0 Å². The Labute approximate surface area is 83.3 Å². The van der Waals surface area contributed by atoms with Crippen LogP contribution in [0.3, 0.4) is 0 Å². The predicted octanol–water partition coefficient (Wildman–Crippen LogP) is 2.64. The first kappa shape index (κ1) is 8.95. The highest BCUT2D eigenvalue weighted by Crippen LogP contribution is 2.28. The summed E-state index contributed by atoms with van der Waals surface area (Å²) >= 11 is 5.77. The predicted molar refractivity (Wildman–Crippen MR) is 52.8 cm³/mol. The van der Waals surface area contributed by atoms with Crippen LogP contribution in [0.1, 0.15) is 31.0 Å². The third kappa shape index (κ3) is 1.83. The highest BCUT2D eigenvalue weighted by Gasteiger charge is 2.22. The first-order valence-corrected chi connectivity index (χ1v) is 5.18. The summed E-state index contributed by atoms with van der Waals surface area (Å²) in [6.45, 7) is 2.22. The van der Waals surface area contributed by atoms with Crippen molar-refractivity contribution in [1.82, 2.24) is 10.2 Å². The molecular formula is C10H13ClN2. The first-order chi connectivity index (χ1) is 6.29. The summed E-state index contributed by atoms with van der Waals surface area (Å²) < 4.78 is 0. The van der Waals surface area contributed by atoms with Crippen LogP contribution in [0, 0.1) is 5.92 Å². The van der Waals surface area contributed by atoms with Crippen molar-refractivity contribution in [1.29, 1.82) is 0 Å². The molecule has 2 nitrogen and oxygen atoms in total. The van der Waals surface area contributed by atoms with Crippen LogP contribution in [-0.2, 0) is 12.8 Å². The molecule has 1 heterocycles. The van der Waals surface area contributed by atoms with E-state index in [0.29, 0.717) is 5.15 Å². The van der Waals surface area contributed by atoms with E-state index in [1.165, 1.54) is 18.4 Å². The Bertz CT molecular complexity index is 312. The van der Waals surface area contributed by atoms with Crippen molar-refractivity contribution in [3.63, 3.8) is 0 Å². The maximum Gasteiger partial charge on any atom is 0.152 e. The van der Waals surface area contributed by atoms with Crippen LogP contribution in [0.25, 0.3) is 0 Å². The second-order valence-electron chi connectivity index (χ2n) is 3.70. The molecule has 0 fully saturated rings. The SMILES string of the molecule is CCCC1Cc2cc(Cl)nnc2C1. The molecule has 3 heteroatoms. The standard InChI is InChI=1S/C10H13ClN2/c1-2-3-7-4-8-6-10(11)13-12-9(8)5-7/h6-7H,2-5H2,1H3. The highest BCUT2D eigenvalue weighted by molar-refractivity contribution is 6.29. The number of nitrogens with zero attached hydrogens (tertiary/aromatic N) is 2. The second-order valence-corrected chi connectivity index (χ2v) is 4.09. The summed E-state index contributed by atoms with van der Waals surface area (Å²) in [5.74, 6) is 0.771. The van der Waals surface area contributed by atoms with Gasteiger partial charge in [-0.3, -0.25) is 0 Å². The van der Waals surface area contributed by atoms with Crippen LogP contribution in [0.15, 0.2) is 6.07 Å². The van der Waals surface area contributed by atoms with E-state index in [1.54, 1.807) is 0 Å². The van der Waals surface area contributed by atoms with E-state index >= 15 is 0 Å². The molecular weight excluding hydrogens is 184 g/mol. The molecule has 0 saturated carbocycles. The van der Waals surface area contributed by atoms with E-state index in [1.807, 2.05) is 6.07 Å². The largest absolute Gasteiger partial charge is 0.154 e. The van der Waals surface area contributed by atoms with Crippen LogP contribution >= 0.6 is 11.6 Å². The lowest BCUT2D eigenvalue weighted by molar-refractivity contribution is 0.504. The van der Waals surface area contributed by atoms with Gasteiger partial charge in [0.1, 0.15) is 0 Å². The van der Waals surface area contributed by atoms with E-state index in [0.717, 1.165) is 24.5 Å². The van der Waals surface area contributed by atoms with Crippen molar-refractivity contribution in [3.8, 4) is 0 Å². The van der Waals surface area contributed by atoms with Crippen LogP contribution in [0.2, 0.25) is 5.15 Å². The van der Waals surface area contributed by atoms with Gasteiger partial charge in [-0.05, 0) is 30.4 Å². The van der Waals surface area contributed by atoms with Crippen molar-refractivity contribution < 1.29 is 0 Å². The molecule has 2 rings (SSSR count). The van der Waals surface area contributed by atoms with Crippen LogP contribution in [0.5, 0.6) is 0 Å². The fourth-order valence-corrected chi connectivity index (χ4v) is 2.22. The van der Waals surface area contributed by atoms with E-state index in [-0.39, 0.29) is 0 Å². The van der Waals surface area contributed by atoms with Gasteiger partial charge in [-0.1, -0.05) is 31.4 Å². The molecule has 0 N–H and O–H groups in total. The number of hydrogen-bond donors (Lipinski definition) is 0. The van der Waals surface area contributed by atoms with Gasteiger partial charge in [0.15, 0.2) is 5.15 Å². The zero-order valence-corrected chi connectivity index (χ0v) is 8.51. The number of rotatable bonds is 2. The Morgan fingerprint density at radius 1 is 1.46 bits per heavy atom. The molecule has 13 heavy (non-hydrogen) atoms. The zero-order valence-electron chi connectivity index (χ0n) is 7.76. The maximum atomic E-state index is 5.77. The average Bonchev–Trinajstić information content (AvgIpc) is 2.46. The minimum absolute atomic E-state index is 0.524. The zero-order chi connectivity index (χ0) is 9.26. The van der Waals surface area contributed by atoms with Gasteiger partial charge in [0.05, 0.1) is 5.69 Å². The molecule has 0 spiro atoms. The van der Waals surface area contributed by atoms with Gasteiger partial charge in [0.25, 0.3) is 0 Å². The van der Waals surface area contributed by atoms with Gasteiger partial charge in [-0.15, -0.1) is 5.10 Å². The quantitative estimate of drug-likeness (QED) is 0.727.